The van der Waals surface area contributed by atoms with Gasteiger partial charge in [-0.1, -0.05) is 43.5 Å². The van der Waals surface area contributed by atoms with E-state index in [0.29, 0.717) is 50.1 Å². The van der Waals surface area contributed by atoms with Crippen LogP contribution in [0.15, 0.2) is 42.5 Å². The van der Waals surface area contributed by atoms with Crippen molar-refractivity contribution in [2.45, 2.75) is 107 Å². The number of amides is 2. The van der Waals surface area contributed by atoms with Crippen molar-refractivity contribution in [1.29, 1.82) is 0 Å². The van der Waals surface area contributed by atoms with Gasteiger partial charge in [-0.05, 0) is 88.5 Å². The van der Waals surface area contributed by atoms with E-state index >= 15 is 0 Å². The molecule has 2 aromatic carbocycles. The molecule has 2 amide bonds. The molecule has 2 bridgehead atoms. The Kier molecular flexibility index (Phi) is 11.7. The molecule has 0 spiro atoms. The van der Waals surface area contributed by atoms with Crippen LogP contribution >= 0.6 is 0 Å². The maximum atomic E-state index is 13.1. The molecule has 12 nitrogen and oxygen atoms in total. The number of aliphatic hydroxyl groups is 4. The number of carbonyl (C=O) groups excluding carboxylic acids is 2. The summed E-state index contributed by atoms with van der Waals surface area (Å²) in [7, 11) is 3.91. The van der Waals surface area contributed by atoms with Crippen molar-refractivity contribution < 1.29 is 44.2 Å². The van der Waals surface area contributed by atoms with E-state index in [0.717, 1.165) is 42.5 Å². The maximum absolute atomic E-state index is 13.1. The first-order valence-corrected chi connectivity index (χ1v) is 17.4. The summed E-state index contributed by atoms with van der Waals surface area (Å²) < 4.78 is 18.0. The van der Waals surface area contributed by atoms with Gasteiger partial charge in [0.1, 0.15) is 35.2 Å². The van der Waals surface area contributed by atoms with Gasteiger partial charge in [-0.3, -0.25) is 9.59 Å². The van der Waals surface area contributed by atoms with Crippen molar-refractivity contribution in [3.63, 3.8) is 0 Å². The standard InChI is InChI=1S/C37H53N3O9/c1-24-10-13-28(37-33(45)31(43)32(44)36(49-37,23-48-37)25(2)41)22-27(24)21-26-11-14-29(15-12-26)47-20-8-9-30(42)39-35(16-6-5-7-17-35)34(46)38-18-19-40(3)4/h10-15,22,25,31-33,41,43-45H,5-9,16-21,23H2,1-4H3,(H,38,46)(H,39,42)/t25-,31?,32+,33-,36-,37+/m1/s1. The van der Waals surface area contributed by atoms with Crippen LogP contribution < -0.4 is 15.4 Å². The molecule has 3 aliphatic rings. The zero-order valence-corrected chi connectivity index (χ0v) is 29.1. The molecule has 6 atom stereocenters. The molecule has 0 radical (unpaired) electrons. The molecule has 0 aromatic heterocycles. The van der Waals surface area contributed by atoms with E-state index in [-0.39, 0.29) is 24.8 Å². The lowest BCUT2D eigenvalue weighted by Crippen LogP contribution is -2.67. The van der Waals surface area contributed by atoms with Crippen LogP contribution in [0.1, 0.15) is 74.1 Å². The summed E-state index contributed by atoms with van der Waals surface area (Å²) in [5.74, 6) is -1.29. The number of aliphatic hydroxyl groups excluding tert-OH is 4. The Hall–Kier alpha value is -3.10. The molecule has 1 unspecified atom stereocenters. The molecule has 2 saturated heterocycles. The van der Waals surface area contributed by atoms with Gasteiger partial charge >= 0.3 is 0 Å². The van der Waals surface area contributed by atoms with Crippen LogP contribution in [0.4, 0.5) is 0 Å². The molecule has 1 aliphatic carbocycles. The maximum Gasteiger partial charge on any atom is 0.245 e. The van der Waals surface area contributed by atoms with E-state index in [1.165, 1.54) is 6.92 Å². The summed E-state index contributed by atoms with van der Waals surface area (Å²) >= 11 is 0. The van der Waals surface area contributed by atoms with Gasteiger partial charge in [-0.25, -0.2) is 0 Å². The highest BCUT2D eigenvalue weighted by Crippen LogP contribution is 2.51. The lowest BCUT2D eigenvalue weighted by Gasteiger charge is -2.47. The van der Waals surface area contributed by atoms with Crippen molar-refractivity contribution in [2.24, 2.45) is 0 Å². The number of nitrogens with zero attached hydrogens (tertiary/aromatic N) is 1. The zero-order chi connectivity index (χ0) is 35.4. The Labute approximate surface area is 288 Å². The number of nitrogens with one attached hydrogen (secondary N) is 2. The van der Waals surface area contributed by atoms with Gasteiger partial charge in [0.15, 0.2) is 0 Å². The van der Waals surface area contributed by atoms with E-state index in [1.807, 2.05) is 62.3 Å². The minimum atomic E-state index is -1.73. The fraction of sp³-hybridized carbons (Fsp3) is 0.622. The number of hydrogen-bond acceptors (Lipinski definition) is 10. The number of ether oxygens (including phenoxy) is 3. The van der Waals surface area contributed by atoms with E-state index in [4.69, 9.17) is 14.2 Å². The summed E-state index contributed by atoms with van der Waals surface area (Å²) in [4.78, 5) is 28.0. The predicted octanol–water partition coefficient (Wildman–Crippen LogP) is 1.66. The number of hydrogen-bond donors (Lipinski definition) is 6. The highest BCUT2D eigenvalue weighted by atomic mass is 16.8. The average molecular weight is 684 g/mol. The number of benzene rings is 2. The quantitative estimate of drug-likeness (QED) is 0.161. The van der Waals surface area contributed by atoms with Crippen LogP contribution in [0, 0.1) is 6.92 Å². The minimum Gasteiger partial charge on any atom is -0.494 e. The van der Waals surface area contributed by atoms with E-state index < -0.39 is 41.3 Å². The fourth-order valence-corrected chi connectivity index (χ4v) is 7.19. The molecule has 2 aromatic rings. The number of rotatable bonds is 14. The second-order valence-electron chi connectivity index (χ2n) is 14.2. The first-order valence-electron chi connectivity index (χ1n) is 17.4. The van der Waals surface area contributed by atoms with Gasteiger partial charge in [-0.15, -0.1) is 0 Å². The van der Waals surface area contributed by atoms with Crippen molar-refractivity contribution in [3.8, 4) is 5.75 Å². The second-order valence-corrected chi connectivity index (χ2v) is 14.2. The van der Waals surface area contributed by atoms with Gasteiger partial charge in [0.25, 0.3) is 0 Å². The zero-order valence-electron chi connectivity index (χ0n) is 29.1. The van der Waals surface area contributed by atoms with Gasteiger partial charge in [0.05, 0.1) is 19.3 Å². The molecule has 49 heavy (non-hydrogen) atoms. The Bertz CT molecular complexity index is 1450. The summed E-state index contributed by atoms with van der Waals surface area (Å²) in [6, 6.07) is 13.2. The number of fused-ring (bicyclic) bond motifs is 2. The van der Waals surface area contributed by atoms with Crippen molar-refractivity contribution in [3.05, 3.63) is 64.7 Å². The van der Waals surface area contributed by atoms with Crippen molar-refractivity contribution >= 4 is 11.8 Å². The number of carbonyl (C=O) groups is 2. The Morgan fingerprint density at radius 1 is 1.04 bits per heavy atom. The first-order chi connectivity index (χ1) is 23.3. The summed E-state index contributed by atoms with van der Waals surface area (Å²) in [6.07, 6.45) is -0.282. The fourth-order valence-electron chi connectivity index (χ4n) is 7.19. The van der Waals surface area contributed by atoms with E-state index in [9.17, 15) is 30.0 Å². The number of likely N-dealkylation sites (N-methyl/N-ethyl adjacent to an activating group) is 1. The van der Waals surface area contributed by atoms with E-state index in [1.54, 1.807) is 6.07 Å². The third-order valence-corrected chi connectivity index (χ3v) is 10.3. The molecule has 5 rings (SSSR count). The predicted molar refractivity (Wildman–Crippen MR) is 182 cm³/mol. The van der Waals surface area contributed by atoms with Crippen molar-refractivity contribution in [1.82, 2.24) is 15.5 Å². The van der Waals surface area contributed by atoms with E-state index in [2.05, 4.69) is 10.6 Å². The molecule has 12 heteroatoms. The largest absolute Gasteiger partial charge is 0.494 e. The summed E-state index contributed by atoms with van der Waals surface area (Å²) in [6.45, 7) is 4.88. The molecular formula is C37H53N3O9. The molecule has 6 N–H and O–H groups in total. The normalized spacial score (nSPS) is 28.2. The highest BCUT2D eigenvalue weighted by Gasteiger charge is 2.68. The Morgan fingerprint density at radius 3 is 2.43 bits per heavy atom. The lowest BCUT2D eigenvalue weighted by atomic mass is 9.80. The van der Waals surface area contributed by atoms with Crippen molar-refractivity contribution in [2.75, 3.05) is 40.4 Å². The second kappa shape index (κ2) is 15.4. The first kappa shape index (κ1) is 37.2. The molecular weight excluding hydrogens is 630 g/mol. The van der Waals surface area contributed by atoms with Gasteiger partial charge in [0.2, 0.25) is 17.6 Å². The topological polar surface area (TPSA) is 170 Å². The smallest absolute Gasteiger partial charge is 0.245 e. The third-order valence-electron chi connectivity index (χ3n) is 10.3. The van der Waals surface area contributed by atoms with Gasteiger partial charge in [0, 0.05) is 25.1 Å². The van der Waals surface area contributed by atoms with Crippen LogP contribution in [0.3, 0.4) is 0 Å². The van der Waals surface area contributed by atoms with Crippen LogP contribution in [0.2, 0.25) is 0 Å². The monoisotopic (exact) mass is 683 g/mol. The lowest BCUT2D eigenvalue weighted by molar-refractivity contribution is -0.336. The molecule has 2 aliphatic heterocycles. The molecule has 1 saturated carbocycles. The SMILES string of the molecule is Cc1ccc([C@]23OC[C@]([C@@H](C)O)(O2)[C@@H](O)C(O)[C@H]3O)cc1Cc1ccc(OCCCC(=O)NC2(C(=O)NCCN(C)C)CCCCC2)cc1. The van der Waals surface area contributed by atoms with Crippen LogP contribution in [0.25, 0.3) is 0 Å². The summed E-state index contributed by atoms with van der Waals surface area (Å²) in [5.41, 5.74) is 1.04. The Balaban J connectivity index is 1.14. The summed E-state index contributed by atoms with van der Waals surface area (Å²) in [5, 5.41) is 48.8. The molecule has 3 fully saturated rings. The average Bonchev–Trinajstić information content (AvgIpc) is 3.48. The highest BCUT2D eigenvalue weighted by molar-refractivity contribution is 5.91. The van der Waals surface area contributed by atoms with Crippen LogP contribution in [-0.2, 0) is 31.3 Å². The Morgan fingerprint density at radius 2 is 1.76 bits per heavy atom. The number of aryl methyl sites for hydroxylation is 1. The van der Waals surface area contributed by atoms with Gasteiger partial charge in [-0.2, -0.15) is 0 Å². The van der Waals surface area contributed by atoms with Gasteiger partial charge < -0.3 is 50.2 Å². The third kappa shape index (κ3) is 7.80. The van der Waals surface area contributed by atoms with Crippen LogP contribution in [-0.4, -0.2) is 113 Å². The minimum absolute atomic E-state index is 0.0934. The van der Waals surface area contributed by atoms with Crippen LogP contribution in [0.5, 0.6) is 5.75 Å². The molecule has 2 heterocycles. The molecule has 270 valence electrons.